The first kappa shape index (κ1) is 8.50. The van der Waals surface area contributed by atoms with Gasteiger partial charge < -0.3 is 9.67 Å². The Morgan fingerprint density at radius 2 is 2.14 bits per heavy atom. The van der Waals surface area contributed by atoms with Gasteiger partial charge in [-0.3, -0.25) is 4.79 Å². The number of aldehydes is 1. The Bertz CT molecular complexity index is 463. The monoisotopic (exact) mass is 188 g/mol. The van der Waals surface area contributed by atoms with Crippen molar-refractivity contribution in [1.82, 2.24) is 9.55 Å². The average Bonchev–Trinajstić information content (AvgIpc) is 2.67. The number of carbonyl (C=O) groups is 1. The van der Waals surface area contributed by atoms with Gasteiger partial charge in [0.1, 0.15) is 17.8 Å². The molecule has 0 spiro atoms. The molecular formula is C10H8N2O2. The van der Waals surface area contributed by atoms with Gasteiger partial charge in [0.15, 0.2) is 6.29 Å². The fourth-order valence-corrected chi connectivity index (χ4v) is 1.21. The molecule has 14 heavy (non-hydrogen) atoms. The molecule has 0 atom stereocenters. The largest absolute Gasteiger partial charge is 0.506 e. The summed E-state index contributed by atoms with van der Waals surface area (Å²) in [5, 5.41) is 9.51. The summed E-state index contributed by atoms with van der Waals surface area (Å²) in [5.41, 5.74) is 0.946. The van der Waals surface area contributed by atoms with Gasteiger partial charge >= 0.3 is 0 Å². The summed E-state index contributed by atoms with van der Waals surface area (Å²) in [6.07, 6.45) is 3.71. The zero-order chi connectivity index (χ0) is 9.97. The average molecular weight is 188 g/mol. The van der Waals surface area contributed by atoms with E-state index in [0.717, 1.165) is 0 Å². The van der Waals surface area contributed by atoms with Gasteiger partial charge in [0.2, 0.25) is 0 Å². The first-order chi connectivity index (χ1) is 6.81. The molecule has 2 aromatic rings. The predicted molar refractivity (Wildman–Crippen MR) is 50.6 cm³/mol. The van der Waals surface area contributed by atoms with Crippen molar-refractivity contribution in [1.29, 1.82) is 0 Å². The van der Waals surface area contributed by atoms with Gasteiger partial charge in [-0.1, -0.05) is 12.1 Å². The molecule has 1 N–H and O–H groups in total. The highest BCUT2D eigenvalue weighted by Gasteiger charge is 2.03. The van der Waals surface area contributed by atoms with Crippen LogP contribution in [0.15, 0.2) is 36.8 Å². The van der Waals surface area contributed by atoms with E-state index in [0.29, 0.717) is 17.7 Å². The van der Waals surface area contributed by atoms with Crippen LogP contribution in [0.4, 0.5) is 0 Å². The Morgan fingerprint density at radius 3 is 2.79 bits per heavy atom. The lowest BCUT2D eigenvalue weighted by atomic mass is 10.3. The maximum atomic E-state index is 10.4. The predicted octanol–water partition coefficient (Wildman–Crippen LogP) is 1.39. The van der Waals surface area contributed by atoms with E-state index in [2.05, 4.69) is 4.98 Å². The number of phenolic OH excluding ortho intramolecular Hbond substituents is 1. The second kappa shape index (κ2) is 3.33. The quantitative estimate of drug-likeness (QED) is 0.724. The lowest BCUT2D eigenvalue weighted by Crippen LogP contribution is -1.89. The summed E-state index contributed by atoms with van der Waals surface area (Å²) in [4.78, 5) is 14.2. The second-order valence-electron chi connectivity index (χ2n) is 2.81. The van der Waals surface area contributed by atoms with Crippen molar-refractivity contribution in [3.05, 3.63) is 42.5 Å². The number of para-hydroxylation sites is 2. The summed E-state index contributed by atoms with van der Waals surface area (Å²) in [6.45, 7) is 0. The van der Waals surface area contributed by atoms with Crippen LogP contribution in [0.1, 0.15) is 10.5 Å². The van der Waals surface area contributed by atoms with Crippen LogP contribution in [0, 0.1) is 0 Å². The molecule has 0 saturated carbocycles. The maximum Gasteiger partial charge on any atom is 0.170 e. The molecule has 1 heterocycles. The molecule has 0 aliphatic rings. The molecule has 0 bridgehead atoms. The minimum Gasteiger partial charge on any atom is -0.506 e. The van der Waals surface area contributed by atoms with Gasteiger partial charge in [0.25, 0.3) is 0 Å². The standard InChI is InChI=1S/C10H8N2O2/c13-6-8-5-12(7-11-8)9-3-1-2-4-10(9)14/h1-7,14H. The van der Waals surface area contributed by atoms with Gasteiger partial charge in [-0.2, -0.15) is 0 Å². The van der Waals surface area contributed by atoms with Crippen LogP contribution in [0.25, 0.3) is 5.69 Å². The highest BCUT2D eigenvalue weighted by atomic mass is 16.3. The minimum atomic E-state index is 0.155. The third-order valence-electron chi connectivity index (χ3n) is 1.88. The number of rotatable bonds is 2. The number of hydrogen-bond donors (Lipinski definition) is 1. The molecule has 2 rings (SSSR count). The van der Waals surface area contributed by atoms with E-state index >= 15 is 0 Å². The summed E-state index contributed by atoms with van der Waals surface area (Å²) in [6, 6.07) is 6.85. The number of carbonyl (C=O) groups excluding carboxylic acids is 1. The number of imidazole rings is 1. The number of phenols is 1. The van der Waals surface area contributed by atoms with E-state index in [-0.39, 0.29) is 5.75 Å². The molecule has 0 aliphatic heterocycles. The van der Waals surface area contributed by atoms with E-state index in [1.54, 1.807) is 35.0 Å². The van der Waals surface area contributed by atoms with Crippen molar-refractivity contribution in [3.8, 4) is 11.4 Å². The second-order valence-corrected chi connectivity index (χ2v) is 2.81. The summed E-state index contributed by atoms with van der Waals surface area (Å²) >= 11 is 0. The van der Waals surface area contributed by atoms with E-state index in [9.17, 15) is 9.90 Å². The van der Waals surface area contributed by atoms with Crippen molar-refractivity contribution >= 4 is 6.29 Å². The van der Waals surface area contributed by atoms with Crippen LogP contribution in [0.3, 0.4) is 0 Å². The van der Waals surface area contributed by atoms with Crippen LogP contribution in [0.5, 0.6) is 5.75 Å². The lowest BCUT2D eigenvalue weighted by Gasteiger charge is -2.03. The molecule has 0 unspecified atom stereocenters. The number of hydrogen-bond acceptors (Lipinski definition) is 3. The molecule has 4 heteroatoms. The van der Waals surface area contributed by atoms with Gasteiger partial charge in [-0.05, 0) is 12.1 Å². The number of nitrogens with zero attached hydrogens (tertiary/aromatic N) is 2. The maximum absolute atomic E-state index is 10.4. The van der Waals surface area contributed by atoms with Gasteiger partial charge in [0.05, 0.1) is 5.69 Å². The SMILES string of the molecule is O=Cc1cn(-c2ccccc2O)cn1. The minimum absolute atomic E-state index is 0.155. The van der Waals surface area contributed by atoms with Gasteiger partial charge in [0, 0.05) is 6.20 Å². The van der Waals surface area contributed by atoms with E-state index in [1.807, 2.05) is 0 Å². The van der Waals surface area contributed by atoms with Crippen molar-refractivity contribution in [2.75, 3.05) is 0 Å². The molecule has 0 saturated heterocycles. The van der Waals surface area contributed by atoms with Crippen LogP contribution >= 0.6 is 0 Å². The Hall–Kier alpha value is -2.10. The van der Waals surface area contributed by atoms with Crippen molar-refractivity contribution in [2.45, 2.75) is 0 Å². The first-order valence-corrected chi connectivity index (χ1v) is 4.09. The molecule has 70 valence electrons. The van der Waals surface area contributed by atoms with Crippen LogP contribution in [0.2, 0.25) is 0 Å². The highest BCUT2D eigenvalue weighted by Crippen LogP contribution is 2.20. The Labute approximate surface area is 80.4 Å². The zero-order valence-corrected chi connectivity index (χ0v) is 7.29. The molecule has 1 aromatic carbocycles. The van der Waals surface area contributed by atoms with Gasteiger partial charge in [-0.25, -0.2) is 4.98 Å². The van der Waals surface area contributed by atoms with Crippen molar-refractivity contribution in [2.24, 2.45) is 0 Å². The molecule has 0 aliphatic carbocycles. The van der Waals surface area contributed by atoms with Crippen LogP contribution in [-0.4, -0.2) is 20.9 Å². The van der Waals surface area contributed by atoms with E-state index < -0.39 is 0 Å². The Balaban J connectivity index is 2.49. The normalized spacial score (nSPS) is 10.0. The molecule has 0 amide bonds. The summed E-state index contributed by atoms with van der Waals surface area (Å²) in [5.74, 6) is 0.155. The molecule has 0 radical (unpaired) electrons. The van der Waals surface area contributed by atoms with Crippen LogP contribution < -0.4 is 0 Å². The molecular weight excluding hydrogens is 180 g/mol. The molecule has 0 fully saturated rings. The van der Waals surface area contributed by atoms with Gasteiger partial charge in [-0.15, -0.1) is 0 Å². The molecule has 1 aromatic heterocycles. The van der Waals surface area contributed by atoms with E-state index in [4.69, 9.17) is 0 Å². The fraction of sp³-hybridized carbons (Fsp3) is 0. The molecule has 4 nitrogen and oxygen atoms in total. The first-order valence-electron chi connectivity index (χ1n) is 4.09. The number of aromatic nitrogens is 2. The third kappa shape index (κ3) is 1.37. The Morgan fingerprint density at radius 1 is 1.36 bits per heavy atom. The van der Waals surface area contributed by atoms with E-state index in [1.165, 1.54) is 6.33 Å². The smallest absolute Gasteiger partial charge is 0.170 e. The fourth-order valence-electron chi connectivity index (χ4n) is 1.21. The van der Waals surface area contributed by atoms with Crippen LogP contribution in [-0.2, 0) is 0 Å². The zero-order valence-electron chi connectivity index (χ0n) is 7.29. The summed E-state index contributed by atoms with van der Waals surface area (Å²) < 4.78 is 1.60. The third-order valence-corrected chi connectivity index (χ3v) is 1.88. The lowest BCUT2D eigenvalue weighted by molar-refractivity contribution is 0.111. The highest BCUT2D eigenvalue weighted by molar-refractivity contribution is 5.71. The topological polar surface area (TPSA) is 55.1 Å². The van der Waals surface area contributed by atoms with Crippen molar-refractivity contribution < 1.29 is 9.90 Å². The number of aromatic hydroxyl groups is 1. The summed E-state index contributed by atoms with van der Waals surface area (Å²) in [7, 11) is 0. The van der Waals surface area contributed by atoms with Crippen molar-refractivity contribution in [3.63, 3.8) is 0 Å². The Kier molecular flexibility index (Phi) is 2.02. The number of benzene rings is 1.